The number of hydrogen-bond donors (Lipinski definition) is 0. The second-order valence-electron chi connectivity index (χ2n) is 7.69. The molecular weight excluding hydrogens is 334 g/mol. The third-order valence-corrected chi connectivity index (χ3v) is 6.42. The van der Waals surface area contributed by atoms with E-state index >= 15 is 0 Å². The van der Waals surface area contributed by atoms with Crippen molar-refractivity contribution in [3.05, 3.63) is 33.2 Å². The third kappa shape index (κ3) is 3.22. The molecule has 1 aromatic heterocycles. The van der Waals surface area contributed by atoms with Gasteiger partial charge < -0.3 is 4.74 Å². The number of ether oxygens (including phenoxy) is 1. The minimum atomic E-state index is -0.380. The number of carbonyl (C=O) groups is 2. The van der Waals surface area contributed by atoms with Gasteiger partial charge in [-0.1, -0.05) is 20.8 Å². The standard InChI is InChI=1S/C20H25NO3S/c1-6-12-7-8-15(25-12)18-16(19(23)24-5)11(2)21-13-9-20(3,4)10-14(22)17(13)18/h7-8,17-18H,6,9-10H2,1-5H3/t17?,18-/m1/s1. The molecule has 0 amide bonds. The van der Waals surface area contributed by atoms with E-state index in [9.17, 15) is 9.59 Å². The van der Waals surface area contributed by atoms with Gasteiger partial charge >= 0.3 is 5.97 Å². The number of Topliss-reactive ketones (excluding diaryl/α,β-unsaturated/α-hetero) is 1. The lowest BCUT2D eigenvalue weighted by atomic mass is 9.64. The Balaban J connectivity index is 2.16. The van der Waals surface area contributed by atoms with Crippen molar-refractivity contribution in [1.82, 2.24) is 0 Å². The molecule has 0 bridgehead atoms. The highest BCUT2D eigenvalue weighted by molar-refractivity contribution is 7.12. The number of aryl methyl sites for hydroxylation is 1. The molecule has 1 aromatic rings. The molecule has 0 spiro atoms. The summed E-state index contributed by atoms with van der Waals surface area (Å²) in [4.78, 5) is 32.5. The number of aliphatic imine (C=N–C) groups is 1. The zero-order chi connectivity index (χ0) is 18.4. The Kier molecular flexibility index (Phi) is 4.71. The van der Waals surface area contributed by atoms with E-state index in [0.717, 1.165) is 23.4 Å². The molecule has 1 aliphatic heterocycles. The quantitative estimate of drug-likeness (QED) is 0.756. The molecule has 1 aliphatic carbocycles. The van der Waals surface area contributed by atoms with Crippen LogP contribution in [-0.2, 0) is 20.7 Å². The Bertz CT molecular complexity index is 785. The van der Waals surface area contributed by atoms with Crippen molar-refractivity contribution in [3.63, 3.8) is 0 Å². The van der Waals surface area contributed by atoms with Gasteiger partial charge in [-0.2, -0.15) is 0 Å². The lowest BCUT2D eigenvalue weighted by Crippen LogP contribution is -2.43. The molecule has 25 heavy (non-hydrogen) atoms. The monoisotopic (exact) mass is 359 g/mol. The predicted octanol–water partition coefficient (Wildman–Crippen LogP) is 4.30. The van der Waals surface area contributed by atoms with Crippen molar-refractivity contribution in [2.45, 2.75) is 52.9 Å². The molecule has 2 aliphatic rings. The van der Waals surface area contributed by atoms with Gasteiger partial charge in [0, 0.05) is 33.5 Å². The zero-order valence-corrected chi connectivity index (χ0v) is 16.3. The Labute approximate surface area is 153 Å². The SMILES string of the molecule is CCc1ccc([C@@H]2C(C(=O)OC)=C(C)N=C3CC(C)(C)CC(=O)C32)s1. The average Bonchev–Trinajstić information content (AvgIpc) is 3.00. The van der Waals surface area contributed by atoms with Crippen LogP contribution in [0, 0.1) is 11.3 Å². The van der Waals surface area contributed by atoms with E-state index in [-0.39, 0.29) is 29.0 Å². The number of carbonyl (C=O) groups excluding carboxylic acids is 2. The van der Waals surface area contributed by atoms with Gasteiger partial charge in [0.05, 0.1) is 18.6 Å². The Morgan fingerprint density at radius 3 is 2.64 bits per heavy atom. The molecule has 134 valence electrons. The third-order valence-electron chi connectivity index (χ3n) is 5.11. The van der Waals surface area contributed by atoms with Gasteiger partial charge in [0.15, 0.2) is 0 Å². The van der Waals surface area contributed by atoms with Crippen molar-refractivity contribution >= 4 is 28.8 Å². The second-order valence-corrected chi connectivity index (χ2v) is 8.89. The van der Waals surface area contributed by atoms with Crippen molar-refractivity contribution in [2.75, 3.05) is 7.11 Å². The van der Waals surface area contributed by atoms with Crippen LogP contribution in [0.1, 0.15) is 56.2 Å². The van der Waals surface area contributed by atoms with E-state index in [1.54, 1.807) is 11.3 Å². The van der Waals surface area contributed by atoms with E-state index in [0.29, 0.717) is 17.7 Å². The van der Waals surface area contributed by atoms with Gasteiger partial charge in [0.1, 0.15) is 5.78 Å². The Morgan fingerprint density at radius 2 is 2.04 bits per heavy atom. The van der Waals surface area contributed by atoms with Gasteiger partial charge in [0.25, 0.3) is 0 Å². The largest absolute Gasteiger partial charge is 0.466 e. The number of fused-ring (bicyclic) bond motifs is 1. The first-order valence-corrected chi connectivity index (χ1v) is 9.57. The zero-order valence-electron chi connectivity index (χ0n) is 15.5. The van der Waals surface area contributed by atoms with Crippen LogP contribution < -0.4 is 0 Å². The number of hydrogen-bond acceptors (Lipinski definition) is 5. The highest BCUT2D eigenvalue weighted by Crippen LogP contribution is 2.48. The molecule has 0 N–H and O–H groups in total. The number of rotatable bonds is 3. The fourth-order valence-electron chi connectivity index (χ4n) is 4.03. The Hall–Kier alpha value is -1.75. The topological polar surface area (TPSA) is 55.7 Å². The first-order chi connectivity index (χ1) is 11.8. The predicted molar refractivity (Wildman–Crippen MR) is 100 cm³/mol. The van der Waals surface area contributed by atoms with Crippen LogP contribution in [-0.4, -0.2) is 24.6 Å². The summed E-state index contributed by atoms with van der Waals surface area (Å²) in [5.74, 6) is -0.808. The van der Waals surface area contributed by atoms with Crippen molar-refractivity contribution in [1.29, 1.82) is 0 Å². The highest BCUT2D eigenvalue weighted by Gasteiger charge is 2.48. The molecule has 3 rings (SSSR count). The summed E-state index contributed by atoms with van der Waals surface area (Å²) < 4.78 is 5.03. The molecule has 1 unspecified atom stereocenters. The normalized spacial score (nSPS) is 25.5. The minimum Gasteiger partial charge on any atom is -0.466 e. The van der Waals surface area contributed by atoms with Crippen LogP contribution in [0.2, 0.25) is 0 Å². The maximum Gasteiger partial charge on any atom is 0.336 e. The lowest BCUT2D eigenvalue weighted by molar-refractivity contribution is -0.136. The summed E-state index contributed by atoms with van der Waals surface area (Å²) in [5.41, 5.74) is 2.06. The van der Waals surface area contributed by atoms with E-state index in [1.165, 1.54) is 12.0 Å². The summed E-state index contributed by atoms with van der Waals surface area (Å²) in [5, 5.41) is 0. The molecule has 0 radical (unpaired) electrons. The molecule has 4 nitrogen and oxygen atoms in total. The second kappa shape index (κ2) is 6.52. The van der Waals surface area contributed by atoms with Crippen molar-refractivity contribution in [3.8, 4) is 0 Å². The maximum absolute atomic E-state index is 13.0. The van der Waals surface area contributed by atoms with Gasteiger partial charge in [0.2, 0.25) is 0 Å². The fraction of sp³-hybridized carbons (Fsp3) is 0.550. The van der Waals surface area contributed by atoms with Crippen LogP contribution in [0.4, 0.5) is 0 Å². The van der Waals surface area contributed by atoms with Gasteiger partial charge in [-0.3, -0.25) is 9.79 Å². The summed E-state index contributed by atoms with van der Waals surface area (Å²) in [6.45, 7) is 8.17. The van der Waals surface area contributed by atoms with Crippen LogP contribution in [0.5, 0.6) is 0 Å². The molecule has 5 heteroatoms. The average molecular weight is 359 g/mol. The number of thiophene rings is 1. The van der Waals surface area contributed by atoms with E-state index in [4.69, 9.17) is 4.74 Å². The summed E-state index contributed by atoms with van der Waals surface area (Å²) >= 11 is 1.68. The molecular formula is C20H25NO3S. The molecule has 0 aromatic carbocycles. The summed E-state index contributed by atoms with van der Waals surface area (Å²) in [6.07, 6.45) is 2.25. The summed E-state index contributed by atoms with van der Waals surface area (Å²) in [6, 6.07) is 4.15. The number of methoxy groups -OCH3 is 1. The van der Waals surface area contributed by atoms with E-state index < -0.39 is 0 Å². The molecule has 1 saturated carbocycles. The molecule has 1 fully saturated rings. The smallest absolute Gasteiger partial charge is 0.336 e. The first kappa shape index (κ1) is 18.1. The van der Waals surface area contributed by atoms with Crippen LogP contribution in [0.25, 0.3) is 0 Å². The number of esters is 1. The van der Waals surface area contributed by atoms with Crippen LogP contribution in [0.3, 0.4) is 0 Å². The molecule has 2 atom stereocenters. The molecule has 2 heterocycles. The van der Waals surface area contributed by atoms with Gasteiger partial charge in [-0.25, -0.2) is 4.79 Å². The van der Waals surface area contributed by atoms with Gasteiger partial charge in [-0.15, -0.1) is 11.3 Å². The lowest BCUT2D eigenvalue weighted by Gasteiger charge is -2.40. The minimum absolute atomic E-state index is 0.0793. The van der Waals surface area contributed by atoms with Crippen molar-refractivity contribution in [2.24, 2.45) is 16.3 Å². The molecule has 0 saturated heterocycles. The fourth-order valence-corrected chi connectivity index (χ4v) is 5.13. The van der Waals surface area contributed by atoms with Gasteiger partial charge in [-0.05, 0) is 37.3 Å². The summed E-state index contributed by atoms with van der Waals surface area (Å²) in [7, 11) is 1.39. The number of nitrogens with zero attached hydrogens (tertiary/aromatic N) is 1. The number of allylic oxidation sites excluding steroid dienone is 1. The van der Waals surface area contributed by atoms with E-state index in [2.05, 4.69) is 37.9 Å². The van der Waals surface area contributed by atoms with Crippen molar-refractivity contribution < 1.29 is 14.3 Å². The van der Waals surface area contributed by atoms with Crippen LogP contribution in [0.15, 0.2) is 28.4 Å². The number of ketones is 1. The first-order valence-electron chi connectivity index (χ1n) is 8.75. The maximum atomic E-state index is 13.0. The highest BCUT2D eigenvalue weighted by atomic mass is 32.1. The van der Waals surface area contributed by atoms with E-state index in [1.807, 2.05) is 6.92 Å². The Morgan fingerprint density at radius 1 is 1.32 bits per heavy atom. The van der Waals surface area contributed by atoms with Crippen LogP contribution >= 0.6 is 11.3 Å².